The fourth-order valence-corrected chi connectivity index (χ4v) is 2.33. The van der Waals surface area contributed by atoms with Crippen LogP contribution in [-0.2, 0) is 6.42 Å². The molecule has 1 unspecified atom stereocenters. The zero-order valence-corrected chi connectivity index (χ0v) is 10.2. The van der Waals surface area contributed by atoms with Gasteiger partial charge >= 0.3 is 0 Å². The van der Waals surface area contributed by atoms with Gasteiger partial charge < -0.3 is 10.2 Å². The quantitative estimate of drug-likeness (QED) is 0.834. The molecule has 1 fully saturated rings. The van der Waals surface area contributed by atoms with E-state index in [1.54, 1.807) is 0 Å². The predicted molar refractivity (Wildman–Crippen MR) is 68.7 cm³/mol. The maximum absolute atomic E-state index is 3.53. The first-order chi connectivity index (χ1) is 7.84. The van der Waals surface area contributed by atoms with Gasteiger partial charge in [0.15, 0.2) is 0 Å². The topological polar surface area (TPSA) is 15.3 Å². The van der Waals surface area contributed by atoms with Crippen LogP contribution in [-0.4, -0.2) is 37.1 Å². The van der Waals surface area contributed by atoms with Crippen LogP contribution in [0.5, 0.6) is 0 Å². The summed E-state index contributed by atoms with van der Waals surface area (Å²) in [5.41, 5.74) is 1.45. The van der Waals surface area contributed by atoms with E-state index < -0.39 is 0 Å². The highest BCUT2D eigenvalue weighted by atomic mass is 15.2. The lowest BCUT2D eigenvalue weighted by Crippen LogP contribution is -2.36. The van der Waals surface area contributed by atoms with Crippen LogP contribution in [0.3, 0.4) is 0 Å². The molecule has 1 N–H and O–H groups in total. The first-order valence-corrected chi connectivity index (χ1v) is 6.34. The molecular weight excluding hydrogens is 196 g/mol. The molecule has 88 valence electrons. The molecule has 0 radical (unpaired) electrons. The molecule has 0 aromatic heterocycles. The molecule has 1 saturated heterocycles. The number of nitrogens with one attached hydrogen (secondary N) is 1. The molecule has 0 bridgehead atoms. The second-order valence-corrected chi connectivity index (χ2v) is 4.74. The van der Waals surface area contributed by atoms with Gasteiger partial charge in [0, 0.05) is 19.1 Å². The van der Waals surface area contributed by atoms with E-state index in [9.17, 15) is 0 Å². The maximum Gasteiger partial charge on any atom is 0.0166 e. The summed E-state index contributed by atoms with van der Waals surface area (Å²) in [5.74, 6) is 0. The average molecular weight is 218 g/mol. The number of rotatable bonds is 3. The van der Waals surface area contributed by atoms with Crippen molar-refractivity contribution in [1.29, 1.82) is 0 Å². The van der Waals surface area contributed by atoms with Crippen LogP contribution in [0.1, 0.15) is 18.9 Å². The zero-order chi connectivity index (χ0) is 11.2. The monoisotopic (exact) mass is 218 g/mol. The Morgan fingerprint density at radius 2 is 2.12 bits per heavy atom. The van der Waals surface area contributed by atoms with Crippen molar-refractivity contribution in [3.63, 3.8) is 0 Å². The minimum atomic E-state index is 0.637. The van der Waals surface area contributed by atoms with Crippen LogP contribution < -0.4 is 5.32 Å². The van der Waals surface area contributed by atoms with Crippen molar-refractivity contribution in [3.8, 4) is 0 Å². The van der Waals surface area contributed by atoms with Crippen molar-refractivity contribution in [2.75, 3.05) is 26.2 Å². The van der Waals surface area contributed by atoms with Gasteiger partial charge in [0.2, 0.25) is 0 Å². The SMILES string of the molecule is CC1CN(CCc2ccccc2)CCCN1. The first-order valence-electron chi connectivity index (χ1n) is 6.34. The van der Waals surface area contributed by atoms with Crippen LogP contribution >= 0.6 is 0 Å². The lowest BCUT2D eigenvalue weighted by Gasteiger charge is -2.22. The Bertz CT molecular complexity index is 297. The van der Waals surface area contributed by atoms with Gasteiger partial charge in [0.05, 0.1) is 0 Å². The van der Waals surface area contributed by atoms with Crippen LogP contribution in [0.15, 0.2) is 30.3 Å². The van der Waals surface area contributed by atoms with Crippen molar-refractivity contribution in [2.45, 2.75) is 25.8 Å². The normalized spacial score (nSPS) is 22.9. The van der Waals surface area contributed by atoms with Crippen molar-refractivity contribution in [3.05, 3.63) is 35.9 Å². The van der Waals surface area contributed by atoms with Crippen LogP contribution in [0.4, 0.5) is 0 Å². The van der Waals surface area contributed by atoms with Crippen molar-refractivity contribution in [1.82, 2.24) is 10.2 Å². The van der Waals surface area contributed by atoms with Gasteiger partial charge in [0.1, 0.15) is 0 Å². The van der Waals surface area contributed by atoms with Crippen LogP contribution in [0.25, 0.3) is 0 Å². The fraction of sp³-hybridized carbons (Fsp3) is 0.571. The lowest BCUT2D eigenvalue weighted by molar-refractivity contribution is 0.276. The van der Waals surface area contributed by atoms with Crippen LogP contribution in [0.2, 0.25) is 0 Å². The van der Waals surface area contributed by atoms with E-state index in [1.807, 2.05) is 0 Å². The van der Waals surface area contributed by atoms with Crippen molar-refractivity contribution >= 4 is 0 Å². The van der Waals surface area contributed by atoms with Crippen molar-refractivity contribution in [2.24, 2.45) is 0 Å². The highest BCUT2D eigenvalue weighted by Crippen LogP contribution is 2.04. The van der Waals surface area contributed by atoms with Gasteiger partial charge in [-0.2, -0.15) is 0 Å². The standard InChI is InChI=1S/C14H22N2/c1-13-12-16(10-5-9-15-13)11-8-14-6-3-2-4-7-14/h2-4,6-7,13,15H,5,8-12H2,1H3. The third-order valence-corrected chi connectivity index (χ3v) is 3.24. The number of hydrogen-bond donors (Lipinski definition) is 1. The van der Waals surface area contributed by atoms with Crippen LogP contribution in [0, 0.1) is 0 Å². The van der Waals surface area contributed by atoms with E-state index in [4.69, 9.17) is 0 Å². The van der Waals surface area contributed by atoms with E-state index in [0.717, 1.165) is 0 Å². The molecule has 2 heteroatoms. The summed E-state index contributed by atoms with van der Waals surface area (Å²) in [5, 5.41) is 3.53. The summed E-state index contributed by atoms with van der Waals surface area (Å²) in [7, 11) is 0. The fourth-order valence-electron chi connectivity index (χ4n) is 2.33. The number of benzene rings is 1. The third kappa shape index (κ3) is 3.62. The Hall–Kier alpha value is -0.860. The Kier molecular flexibility index (Phi) is 4.37. The highest BCUT2D eigenvalue weighted by molar-refractivity contribution is 5.14. The van der Waals surface area contributed by atoms with E-state index in [2.05, 4.69) is 47.5 Å². The van der Waals surface area contributed by atoms with Gasteiger partial charge in [-0.15, -0.1) is 0 Å². The van der Waals surface area contributed by atoms with E-state index in [0.29, 0.717) is 6.04 Å². The van der Waals surface area contributed by atoms with E-state index >= 15 is 0 Å². The summed E-state index contributed by atoms with van der Waals surface area (Å²) in [6, 6.07) is 11.4. The van der Waals surface area contributed by atoms with Gasteiger partial charge in [-0.3, -0.25) is 0 Å². The smallest absolute Gasteiger partial charge is 0.0166 e. The molecule has 16 heavy (non-hydrogen) atoms. The molecule has 0 saturated carbocycles. The summed E-state index contributed by atoms with van der Waals surface area (Å²) >= 11 is 0. The molecule has 1 atom stereocenters. The Labute approximate surface area is 98.7 Å². The molecule has 0 aliphatic carbocycles. The van der Waals surface area contributed by atoms with Gasteiger partial charge in [-0.05, 0) is 38.4 Å². The molecule has 1 aromatic rings. The van der Waals surface area contributed by atoms with E-state index in [-0.39, 0.29) is 0 Å². The van der Waals surface area contributed by atoms with Gasteiger partial charge in [0.25, 0.3) is 0 Å². The van der Waals surface area contributed by atoms with Gasteiger partial charge in [-0.1, -0.05) is 30.3 Å². The predicted octanol–water partition coefficient (Wildman–Crippen LogP) is 1.91. The minimum absolute atomic E-state index is 0.637. The summed E-state index contributed by atoms with van der Waals surface area (Å²) in [6.45, 7) is 7.07. The molecule has 2 rings (SSSR count). The molecule has 0 spiro atoms. The first kappa shape index (κ1) is 11.6. The third-order valence-electron chi connectivity index (χ3n) is 3.24. The number of hydrogen-bond acceptors (Lipinski definition) is 2. The maximum atomic E-state index is 3.53. The molecular formula is C14H22N2. The molecule has 0 amide bonds. The molecule has 1 heterocycles. The van der Waals surface area contributed by atoms with E-state index in [1.165, 1.54) is 44.6 Å². The van der Waals surface area contributed by atoms with Gasteiger partial charge in [-0.25, -0.2) is 0 Å². The molecule has 1 aliphatic rings. The number of nitrogens with zero attached hydrogens (tertiary/aromatic N) is 1. The largest absolute Gasteiger partial charge is 0.313 e. The molecule has 1 aromatic carbocycles. The second-order valence-electron chi connectivity index (χ2n) is 4.74. The lowest BCUT2D eigenvalue weighted by atomic mass is 10.1. The minimum Gasteiger partial charge on any atom is -0.313 e. The molecule has 2 nitrogen and oxygen atoms in total. The Morgan fingerprint density at radius 1 is 1.31 bits per heavy atom. The summed E-state index contributed by atoms with van der Waals surface area (Å²) in [4.78, 5) is 2.58. The molecule has 1 aliphatic heterocycles. The zero-order valence-electron chi connectivity index (χ0n) is 10.2. The summed E-state index contributed by atoms with van der Waals surface area (Å²) in [6.07, 6.45) is 2.45. The average Bonchev–Trinajstić information content (AvgIpc) is 2.52. The highest BCUT2D eigenvalue weighted by Gasteiger charge is 2.13. The second kappa shape index (κ2) is 6.02. The Balaban J connectivity index is 1.80. The van der Waals surface area contributed by atoms with Crippen molar-refractivity contribution < 1.29 is 0 Å². The Morgan fingerprint density at radius 3 is 2.94 bits per heavy atom. The summed E-state index contributed by atoms with van der Waals surface area (Å²) < 4.78 is 0.